The van der Waals surface area contributed by atoms with Gasteiger partial charge in [-0.1, -0.05) is 41.9 Å². The first-order valence-corrected chi connectivity index (χ1v) is 9.56. The second kappa shape index (κ2) is 8.21. The molecule has 0 spiro atoms. The fraction of sp³-hybridized carbons (Fsp3) is 0.316. The summed E-state index contributed by atoms with van der Waals surface area (Å²) in [5.74, 6) is 0.704. The summed E-state index contributed by atoms with van der Waals surface area (Å²) in [5.41, 5.74) is 1.83. The largest absolute Gasteiger partial charge is 0.325 e. The molecule has 132 valence electrons. The number of hydrogen-bond acceptors (Lipinski definition) is 3. The number of nitrogens with zero attached hydrogens (tertiary/aromatic N) is 2. The van der Waals surface area contributed by atoms with Gasteiger partial charge in [0.1, 0.15) is 11.2 Å². The summed E-state index contributed by atoms with van der Waals surface area (Å²) in [6.45, 7) is 1.53. The van der Waals surface area contributed by atoms with Gasteiger partial charge in [-0.3, -0.25) is 9.69 Å². The molecule has 6 heteroatoms. The van der Waals surface area contributed by atoms with Gasteiger partial charge in [0.25, 0.3) is 0 Å². The lowest BCUT2D eigenvalue weighted by molar-refractivity contribution is -0.132. The molecule has 1 aliphatic rings. The first kappa shape index (κ1) is 18.2. The summed E-state index contributed by atoms with van der Waals surface area (Å²) in [4.78, 5) is 16.6. The third-order valence-electron chi connectivity index (χ3n) is 4.13. The van der Waals surface area contributed by atoms with Crippen LogP contribution in [0.5, 0.6) is 0 Å². The average molecular weight is 379 g/mol. The molecule has 3 rings (SSSR count). The van der Waals surface area contributed by atoms with Crippen molar-refractivity contribution in [2.24, 2.45) is 0 Å². The normalized spacial score (nSPS) is 17.3. The molecule has 0 unspecified atom stereocenters. The number of halogens is 2. The maximum atomic E-state index is 13.3. The molecule has 1 heterocycles. The van der Waals surface area contributed by atoms with Crippen molar-refractivity contribution in [2.75, 3.05) is 25.9 Å². The van der Waals surface area contributed by atoms with Crippen molar-refractivity contribution in [1.29, 1.82) is 0 Å². The molecule has 1 saturated heterocycles. The van der Waals surface area contributed by atoms with Gasteiger partial charge in [-0.2, -0.15) is 0 Å². The van der Waals surface area contributed by atoms with Crippen molar-refractivity contribution in [3.8, 4) is 0 Å². The highest BCUT2D eigenvalue weighted by atomic mass is 35.5. The Morgan fingerprint density at radius 3 is 2.88 bits per heavy atom. The third-order valence-corrected chi connectivity index (χ3v) is 5.72. The van der Waals surface area contributed by atoms with Crippen molar-refractivity contribution in [3.63, 3.8) is 0 Å². The first-order chi connectivity index (χ1) is 12.0. The number of likely N-dealkylation sites (N-methyl/N-ethyl adjacent to an activating group) is 1. The molecule has 0 aromatic heterocycles. The van der Waals surface area contributed by atoms with E-state index in [1.807, 2.05) is 47.2 Å². The van der Waals surface area contributed by atoms with E-state index in [0.29, 0.717) is 18.1 Å². The van der Waals surface area contributed by atoms with Crippen molar-refractivity contribution in [3.05, 3.63) is 70.5 Å². The van der Waals surface area contributed by atoms with E-state index in [-0.39, 0.29) is 23.6 Å². The van der Waals surface area contributed by atoms with E-state index in [1.165, 1.54) is 12.1 Å². The van der Waals surface area contributed by atoms with Crippen LogP contribution < -0.4 is 0 Å². The second-order valence-corrected chi connectivity index (χ2v) is 7.73. The molecule has 0 N–H and O–H groups in total. The van der Waals surface area contributed by atoms with E-state index < -0.39 is 0 Å². The summed E-state index contributed by atoms with van der Waals surface area (Å²) >= 11 is 8.04. The lowest BCUT2D eigenvalue weighted by Crippen LogP contribution is -2.38. The fourth-order valence-electron chi connectivity index (χ4n) is 2.98. The summed E-state index contributed by atoms with van der Waals surface area (Å²) in [6, 6.07) is 14.1. The molecule has 0 radical (unpaired) electrons. The minimum Gasteiger partial charge on any atom is -0.325 e. The molecule has 0 saturated carbocycles. The number of hydrogen-bond donors (Lipinski definition) is 0. The molecule has 1 aliphatic heterocycles. The van der Waals surface area contributed by atoms with Crippen LogP contribution in [0.15, 0.2) is 48.5 Å². The molecule has 0 bridgehead atoms. The maximum absolute atomic E-state index is 13.3. The Labute approximate surface area is 156 Å². The summed E-state index contributed by atoms with van der Waals surface area (Å²) in [6.07, 6.45) is 0. The predicted octanol–water partition coefficient (Wildman–Crippen LogP) is 4.19. The Kier molecular flexibility index (Phi) is 5.99. The van der Waals surface area contributed by atoms with Crippen LogP contribution in [0.3, 0.4) is 0 Å². The summed E-state index contributed by atoms with van der Waals surface area (Å²) in [5, 5.41) is 0.650. The summed E-state index contributed by atoms with van der Waals surface area (Å²) < 4.78 is 13.3. The Morgan fingerprint density at radius 1 is 1.32 bits per heavy atom. The number of benzene rings is 2. The van der Waals surface area contributed by atoms with E-state index in [2.05, 4.69) is 0 Å². The Balaban J connectivity index is 1.65. The Hall–Kier alpha value is -1.56. The highest BCUT2D eigenvalue weighted by molar-refractivity contribution is 7.99. The van der Waals surface area contributed by atoms with Crippen LogP contribution in [-0.2, 0) is 11.3 Å². The molecule has 2 aromatic carbocycles. The van der Waals surface area contributed by atoms with Crippen molar-refractivity contribution >= 4 is 29.3 Å². The van der Waals surface area contributed by atoms with Crippen LogP contribution >= 0.6 is 23.4 Å². The third kappa shape index (κ3) is 4.54. The van der Waals surface area contributed by atoms with Crippen LogP contribution in [0, 0.1) is 5.82 Å². The molecule has 0 aliphatic carbocycles. The van der Waals surface area contributed by atoms with Crippen molar-refractivity contribution in [2.45, 2.75) is 11.9 Å². The topological polar surface area (TPSA) is 23.6 Å². The Bertz CT molecular complexity index is 758. The minimum absolute atomic E-state index is 0.0382. The van der Waals surface area contributed by atoms with Crippen LogP contribution in [0.25, 0.3) is 0 Å². The molecular weight excluding hydrogens is 359 g/mol. The first-order valence-electron chi connectivity index (χ1n) is 8.13. The van der Waals surface area contributed by atoms with Gasteiger partial charge < -0.3 is 4.90 Å². The number of thioether (sulfide) groups is 1. The van der Waals surface area contributed by atoms with E-state index in [9.17, 15) is 9.18 Å². The predicted molar refractivity (Wildman–Crippen MR) is 101 cm³/mol. The number of carbonyl (C=O) groups excluding carboxylic acids is 1. The van der Waals surface area contributed by atoms with Gasteiger partial charge in [-0.15, -0.1) is 11.8 Å². The summed E-state index contributed by atoms with van der Waals surface area (Å²) in [7, 11) is 1.87. The smallest absolute Gasteiger partial charge is 0.237 e. The van der Waals surface area contributed by atoms with Crippen LogP contribution in [-0.4, -0.2) is 41.6 Å². The van der Waals surface area contributed by atoms with Gasteiger partial charge in [0, 0.05) is 29.4 Å². The monoisotopic (exact) mass is 378 g/mol. The van der Waals surface area contributed by atoms with Crippen LogP contribution in [0.4, 0.5) is 4.39 Å². The van der Waals surface area contributed by atoms with Gasteiger partial charge in [0.15, 0.2) is 0 Å². The zero-order valence-corrected chi connectivity index (χ0v) is 15.6. The molecule has 3 nitrogen and oxygen atoms in total. The van der Waals surface area contributed by atoms with Crippen molar-refractivity contribution in [1.82, 2.24) is 9.80 Å². The van der Waals surface area contributed by atoms with E-state index >= 15 is 0 Å². The lowest BCUT2D eigenvalue weighted by Gasteiger charge is -2.27. The van der Waals surface area contributed by atoms with Gasteiger partial charge in [0.2, 0.25) is 5.91 Å². The highest BCUT2D eigenvalue weighted by Crippen LogP contribution is 2.40. The number of amides is 1. The highest BCUT2D eigenvalue weighted by Gasteiger charge is 2.32. The molecule has 25 heavy (non-hydrogen) atoms. The Morgan fingerprint density at radius 2 is 2.12 bits per heavy atom. The van der Waals surface area contributed by atoms with Crippen molar-refractivity contribution < 1.29 is 9.18 Å². The van der Waals surface area contributed by atoms with Crippen LogP contribution in [0.2, 0.25) is 5.02 Å². The standard InChI is InChI=1S/C19H20ClFN2OS/c1-22(12-14-5-4-6-15(21)11-14)13-18(24)23-9-10-25-19(23)16-7-2-3-8-17(16)20/h2-8,11,19H,9-10,12-13H2,1H3/t19-/m0/s1. The number of rotatable bonds is 5. The zero-order chi connectivity index (χ0) is 17.8. The van der Waals surface area contributed by atoms with E-state index in [4.69, 9.17) is 11.6 Å². The van der Waals surface area contributed by atoms with E-state index in [1.54, 1.807) is 17.8 Å². The quantitative estimate of drug-likeness (QED) is 0.779. The molecule has 2 aromatic rings. The van der Waals surface area contributed by atoms with Gasteiger partial charge >= 0.3 is 0 Å². The minimum atomic E-state index is -0.257. The van der Waals surface area contributed by atoms with Gasteiger partial charge in [0.05, 0.1) is 6.54 Å². The average Bonchev–Trinajstić information content (AvgIpc) is 3.04. The zero-order valence-electron chi connectivity index (χ0n) is 14.0. The molecule has 1 atom stereocenters. The van der Waals surface area contributed by atoms with Gasteiger partial charge in [-0.05, 0) is 30.8 Å². The fourth-order valence-corrected chi connectivity index (χ4v) is 4.60. The molecular formula is C19H20ClFN2OS. The SMILES string of the molecule is CN(CC(=O)N1CCS[C@H]1c1ccccc1Cl)Cc1cccc(F)c1. The number of carbonyl (C=O) groups is 1. The molecule has 1 fully saturated rings. The van der Waals surface area contributed by atoms with Crippen LogP contribution in [0.1, 0.15) is 16.5 Å². The maximum Gasteiger partial charge on any atom is 0.237 e. The second-order valence-electron chi connectivity index (χ2n) is 6.13. The molecule has 1 amide bonds. The lowest BCUT2D eigenvalue weighted by atomic mass is 10.2. The van der Waals surface area contributed by atoms with E-state index in [0.717, 1.165) is 16.9 Å². The van der Waals surface area contributed by atoms with Gasteiger partial charge in [-0.25, -0.2) is 4.39 Å².